The largest absolute Gasteiger partial charge is 2.00 e. The van der Waals surface area contributed by atoms with Crippen LogP contribution in [0.3, 0.4) is 0 Å². The van der Waals surface area contributed by atoms with Crippen LogP contribution < -0.4 is 0 Å². The van der Waals surface area contributed by atoms with Gasteiger partial charge in [0.15, 0.2) is 0 Å². The predicted molar refractivity (Wildman–Crippen MR) is 418 cm³/mol. The molecule has 0 saturated carbocycles. The molecule has 0 bridgehead atoms. The minimum Gasteiger partial charge on any atom is -0.411 e. The molecule has 0 radical (unpaired) electrons. The van der Waals surface area contributed by atoms with E-state index in [2.05, 4.69) is 37.5 Å². The van der Waals surface area contributed by atoms with Crippen molar-refractivity contribution in [1.29, 1.82) is 0 Å². The molecule has 0 rings (SSSR count). The zero-order valence-corrected chi connectivity index (χ0v) is 68.2. The molecule has 0 saturated heterocycles. The second-order valence-corrected chi connectivity index (χ2v) is 30.6. The summed E-state index contributed by atoms with van der Waals surface area (Å²) in [5.74, 6) is 0. The summed E-state index contributed by atoms with van der Waals surface area (Å²) in [6, 6.07) is 0. The number of unbranched alkanes of at least 4 members (excludes halogenated alkanes) is 68. The molecule has 0 N–H and O–H groups in total. The number of hydrogen-bond donors (Lipinski definition) is 0. The zero-order chi connectivity index (χ0) is 64.0. The van der Waals surface area contributed by atoms with E-state index in [1.807, 2.05) is 0 Å². The summed E-state index contributed by atoms with van der Waals surface area (Å²) in [5.41, 5.74) is 0. The first kappa shape index (κ1) is 94.0. The molecule has 7 heteroatoms. The third kappa shape index (κ3) is 84.9. The number of nitrogens with zero attached hydrogens (tertiary/aromatic N) is 2. The first-order valence-corrected chi connectivity index (χ1v) is 43.0. The van der Waals surface area contributed by atoms with Gasteiger partial charge in [-0.05, 0) is 25.7 Å². The number of hydrogen-bond acceptors (Lipinski definition) is 4. The second-order valence-electron chi connectivity index (χ2n) is 28.5. The Balaban J connectivity index is -0.00000164. The van der Waals surface area contributed by atoms with Crippen molar-refractivity contribution >= 4 is 58.3 Å². The van der Waals surface area contributed by atoms with Crippen LogP contribution in [0.2, 0.25) is 0 Å². The van der Waals surface area contributed by atoms with Crippen molar-refractivity contribution in [2.75, 3.05) is 26.2 Å². The Kier molecular flexibility index (Phi) is 91.8. The monoisotopic (exact) mass is 1370 g/mol. The van der Waals surface area contributed by atoms with Gasteiger partial charge in [0.2, 0.25) is 0 Å². The molecule has 0 aliphatic carbocycles. The molecular weight excluding hydrogens is 1210 g/mol. The Hall–Kier alpha value is 0.843. The van der Waals surface area contributed by atoms with Crippen molar-refractivity contribution < 1.29 is 19.5 Å². The zero-order valence-electron chi connectivity index (χ0n) is 62.0. The maximum absolute atomic E-state index is 5.40. The van der Waals surface area contributed by atoms with Gasteiger partial charge in [0, 0.05) is 26.2 Å². The summed E-state index contributed by atoms with van der Waals surface area (Å²) >= 11 is 21.6. The molecule has 0 amide bonds. The summed E-state index contributed by atoms with van der Waals surface area (Å²) in [6.07, 6.45) is 103. The standard InChI is InChI=1S/2C41H83NS2.Zn/c2*1-3-5-7-9-11-13-15-17-19-21-23-25-27-29-31-33-35-37-39-42(41(43)44)40-38-36-34-32-30-28-26-24-22-20-18-16-14-12-10-8-6-4-2;/h2*3-40H2,1-2H3,(H,43,44);/q;;+2/p-2. The topological polar surface area (TPSA) is 6.48 Å². The van der Waals surface area contributed by atoms with Crippen LogP contribution in [0.5, 0.6) is 0 Å². The molecule has 0 atom stereocenters. The van der Waals surface area contributed by atoms with Gasteiger partial charge in [-0.1, -0.05) is 473 Å². The van der Waals surface area contributed by atoms with E-state index in [1.54, 1.807) is 0 Å². The van der Waals surface area contributed by atoms with Crippen LogP contribution in [-0.2, 0) is 44.7 Å². The second kappa shape index (κ2) is 86.9. The molecule has 0 aromatic carbocycles. The van der Waals surface area contributed by atoms with Crippen LogP contribution in [0.1, 0.15) is 490 Å². The van der Waals surface area contributed by atoms with Gasteiger partial charge in [-0.3, -0.25) is 0 Å². The normalized spacial score (nSPS) is 11.3. The fourth-order valence-corrected chi connectivity index (χ4v) is 14.1. The van der Waals surface area contributed by atoms with Gasteiger partial charge in [-0.25, -0.2) is 0 Å². The van der Waals surface area contributed by atoms with Crippen LogP contribution in [0, 0.1) is 0 Å². The molecule has 89 heavy (non-hydrogen) atoms. The third-order valence-electron chi connectivity index (χ3n) is 19.6. The van der Waals surface area contributed by atoms with E-state index in [0.717, 1.165) is 26.2 Å². The summed E-state index contributed by atoms with van der Waals surface area (Å²) in [4.78, 5) is 4.62. The van der Waals surface area contributed by atoms with Crippen molar-refractivity contribution in [3.63, 3.8) is 0 Å². The van der Waals surface area contributed by atoms with Gasteiger partial charge in [-0.15, -0.1) is 0 Å². The molecule has 0 aliphatic heterocycles. The smallest absolute Gasteiger partial charge is 0.411 e. The third-order valence-corrected chi connectivity index (χ3v) is 20.7. The predicted octanol–water partition coefficient (Wildman–Crippen LogP) is 30.4. The average Bonchev–Trinajstić information content (AvgIpc) is 3.55. The Morgan fingerprint density at radius 1 is 0.169 bits per heavy atom. The van der Waals surface area contributed by atoms with Crippen molar-refractivity contribution in [3.8, 4) is 0 Å². The van der Waals surface area contributed by atoms with Gasteiger partial charge in [-0.2, -0.15) is 0 Å². The molecule has 0 aromatic heterocycles. The van der Waals surface area contributed by atoms with E-state index >= 15 is 0 Å². The Bertz CT molecular complexity index is 1100. The average molecular weight is 1370 g/mol. The van der Waals surface area contributed by atoms with Gasteiger partial charge >= 0.3 is 19.5 Å². The van der Waals surface area contributed by atoms with Gasteiger partial charge in [0.1, 0.15) is 0 Å². The summed E-state index contributed by atoms with van der Waals surface area (Å²) in [7, 11) is 0. The van der Waals surface area contributed by atoms with E-state index in [1.165, 1.54) is 462 Å². The molecule has 0 aromatic rings. The molecule has 2 nitrogen and oxygen atoms in total. The SMILES string of the molecule is CCCCCCCCCCCCCCCCCCCCN(CCCCCCCCCCCCCCCCCCCC)C(=S)[S-].CCCCCCCCCCCCCCCCCCCCN(CCCCCCCCCCCCCCCCCCCC)C(=S)[S-].[Zn+2]. The van der Waals surface area contributed by atoms with E-state index in [9.17, 15) is 0 Å². The molecule has 528 valence electrons. The fraction of sp³-hybridized carbons (Fsp3) is 0.976. The quantitative estimate of drug-likeness (QED) is 0.0257. The number of rotatable bonds is 76. The molecular formula is C82H164N2S4Zn. The summed E-state index contributed by atoms with van der Waals surface area (Å²) in [6.45, 7) is 13.5. The van der Waals surface area contributed by atoms with Crippen LogP contribution >= 0.6 is 24.4 Å². The summed E-state index contributed by atoms with van der Waals surface area (Å²) < 4.78 is 1.40. The molecule has 0 unspecified atom stereocenters. The van der Waals surface area contributed by atoms with Crippen LogP contribution in [0.15, 0.2) is 0 Å². The van der Waals surface area contributed by atoms with E-state index < -0.39 is 0 Å². The first-order chi connectivity index (χ1) is 43.4. The van der Waals surface area contributed by atoms with Gasteiger partial charge in [0.25, 0.3) is 0 Å². The van der Waals surface area contributed by atoms with Gasteiger partial charge in [0.05, 0.1) is 0 Å². The van der Waals surface area contributed by atoms with Crippen LogP contribution in [-0.4, -0.2) is 44.6 Å². The Morgan fingerprint density at radius 2 is 0.247 bits per heavy atom. The minimum absolute atomic E-state index is 0. The van der Waals surface area contributed by atoms with Crippen molar-refractivity contribution in [2.45, 2.75) is 490 Å². The molecule has 0 aliphatic rings. The van der Waals surface area contributed by atoms with Crippen LogP contribution in [0.25, 0.3) is 0 Å². The van der Waals surface area contributed by atoms with Gasteiger partial charge < -0.3 is 59.5 Å². The van der Waals surface area contributed by atoms with Crippen molar-refractivity contribution in [3.05, 3.63) is 0 Å². The Labute approximate surface area is 599 Å². The van der Waals surface area contributed by atoms with Crippen LogP contribution in [0.4, 0.5) is 0 Å². The minimum atomic E-state index is 0. The molecule has 0 heterocycles. The van der Waals surface area contributed by atoms with Crippen molar-refractivity contribution in [1.82, 2.24) is 9.80 Å². The molecule has 0 spiro atoms. The Morgan fingerprint density at radius 3 is 0.326 bits per heavy atom. The van der Waals surface area contributed by atoms with Crippen molar-refractivity contribution in [2.24, 2.45) is 0 Å². The van der Waals surface area contributed by atoms with E-state index in [-0.39, 0.29) is 19.5 Å². The van der Waals surface area contributed by atoms with E-state index in [4.69, 9.17) is 49.7 Å². The summed E-state index contributed by atoms with van der Waals surface area (Å²) in [5, 5.41) is 0. The number of thiocarbonyl (C=S) groups is 2. The molecule has 0 fully saturated rings. The van der Waals surface area contributed by atoms with E-state index in [0.29, 0.717) is 8.64 Å². The maximum atomic E-state index is 5.40. The fourth-order valence-electron chi connectivity index (χ4n) is 13.4. The maximum Gasteiger partial charge on any atom is 2.00 e. The first-order valence-electron chi connectivity index (χ1n) is 41.4.